The molecule has 8 heteroatoms. The first-order valence-electron chi connectivity index (χ1n) is 9.01. The summed E-state index contributed by atoms with van der Waals surface area (Å²) in [6, 6.07) is 0. The highest BCUT2D eigenvalue weighted by atomic mass is 127. The lowest BCUT2D eigenvalue weighted by Crippen LogP contribution is -2.41. The van der Waals surface area contributed by atoms with Crippen LogP contribution in [0.15, 0.2) is 4.99 Å². The van der Waals surface area contributed by atoms with Gasteiger partial charge in [0.25, 0.3) is 0 Å². The number of rotatable bonds is 7. The summed E-state index contributed by atoms with van der Waals surface area (Å²) in [7, 11) is -3.09. The van der Waals surface area contributed by atoms with E-state index in [1.165, 1.54) is 32.1 Å². The Bertz CT molecular complexity index is 504. The fourth-order valence-corrected chi connectivity index (χ4v) is 4.33. The zero-order chi connectivity index (χ0) is 16.8. The van der Waals surface area contributed by atoms with Crippen LogP contribution >= 0.6 is 24.0 Å². The average molecular weight is 472 g/mol. The number of guanidine groups is 1. The van der Waals surface area contributed by atoms with Gasteiger partial charge in [0.15, 0.2) is 5.96 Å². The summed E-state index contributed by atoms with van der Waals surface area (Å²) < 4.78 is 25.4. The van der Waals surface area contributed by atoms with Crippen LogP contribution in [0.2, 0.25) is 0 Å². The van der Waals surface area contributed by atoms with Gasteiger partial charge < -0.3 is 10.2 Å². The standard InChI is InChI=1S/C16H32N4O2S.HI/c1-3-17-15(18-11-7-12-19-23(21,22)4-2)20-13-10-16(14-20)8-5-6-9-16;/h19H,3-14H2,1-2H3,(H,17,18);1H. The van der Waals surface area contributed by atoms with E-state index in [2.05, 4.69) is 21.9 Å². The third kappa shape index (κ3) is 6.33. The van der Waals surface area contributed by atoms with Crippen molar-refractivity contribution in [2.24, 2.45) is 10.4 Å². The van der Waals surface area contributed by atoms with Gasteiger partial charge in [-0.1, -0.05) is 12.8 Å². The lowest BCUT2D eigenvalue weighted by molar-refractivity contribution is 0.309. The SMILES string of the molecule is CCNC(=NCCCNS(=O)(=O)CC)N1CCC2(CCCC2)C1.I. The molecule has 1 spiro atoms. The molecule has 0 unspecified atom stereocenters. The second-order valence-electron chi connectivity index (χ2n) is 6.77. The molecule has 1 saturated carbocycles. The predicted octanol–water partition coefficient (Wildman–Crippen LogP) is 2.17. The highest BCUT2D eigenvalue weighted by molar-refractivity contribution is 14.0. The first kappa shape index (κ1) is 22.0. The molecule has 0 aromatic carbocycles. The minimum atomic E-state index is -3.09. The van der Waals surface area contributed by atoms with Crippen molar-refractivity contribution in [1.82, 2.24) is 14.9 Å². The van der Waals surface area contributed by atoms with E-state index in [-0.39, 0.29) is 29.7 Å². The molecule has 2 rings (SSSR count). The van der Waals surface area contributed by atoms with Crippen LogP contribution < -0.4 is 10.0 Å². The van der Waals surface area contributed by atoms with Crippen molar-refractivity contribution in [3.05, 3.63) is 0 Å². The molecule has 0 atom stereocenters. The molecule has 0 radical (unpaired) electrons. The average Bonchev–Trinajstić information content (AvgIpc) is 3.16. The third-order valence-corrected chi connectivity index (χ3v) is 6.44. The van der Waals surface area contributed by atoms with Crippen LogP contribution in [-0.4, -0.2) is 57.8 Å². The Morgan fingerprint density at radius 2 is 1.92 bits per heavy atom. The number of hydrogen-bond acceptors (Lipinski definition) is 3. The number of sulfonamides is 1. The second-order valence-corrected chi connectivity index (χ2v) is 8.86. The monoisotopic (exact) mass is 472 g/mol. The zero-order valence-electron chi connectivity index (χ0n) is 15.0. The Morgan fingerprint density at radius 1 is 1.21 bits per heavy atom. The fourth-order valence-electron chi connectivity index (χ4n) is 3.67. The topological polar surface area (TPSA) is 73.8 Å². The van der Waals surface area contributed by atoms with Gasteiger partial charge in [-0.3, -0.25) is 4.99 Å². The molecule has 1 aliphatic carbocycles. The maximum Gasteiger partial charge on any atom is 0.211 e. The van der Waals surface area contributed by atoms with Gasteiger partial charge in [0, 0.05) is 32.7 Å². The highest BCUT2D eigenvalue weighted by Crippen LogP contribution is 2.45. The highest BCUT2D eigenvalue weighted by Gasteiger charge is 2.41. The van der Waals surface area contributed by atoms with Gasteiger partial charge in [0.1, 0.15) is 0 Å². The van der Waals surface area contributed by atoms with Crippen LogP contribution in [0, 0.1) is 5.41 Å². The van der Waals surface area contributed by atoms with Crippen molar-refractivity contribution in [2.75, 3.05) is 38.5 Å². The lowest BCUT2D eigenvalue weighted by atomic mass is 9.86. The first-order chi connectivity index (χ1) is 11.0. The molecule has 0 aromatic rings. The molecule has 2 aliphatic rings. The molecule has 6 nitrogen and oxygen atoms in total. The van der Waals surface area contributed by atoms with Gasteiger partial charge in [0.2, 0.25) is 10.0 Å². The first-order valence-corrected chi connectivity index (χ1v) is 10.7. The van der Waals surface area contributed by atoms with Crippen LogP contribution in [0.1, 0.15) is 52.4 Å². The summed E-state index contributed by atoms with van der Waals surface area (Å²) in [4.78, 5) is 7.09. The maximum atomic E-state index is 11.4. The number of nitrogens with one attached hydrogen (secondary N) is 2. The number of hydrogen-bond donors (Lipinski definition) is 2. The van der Waals surface area contributed by atoms with E-state index in [4.69, 9.17) is 4.99 Å². The Kier molecular flexibility index (Phi) is 9.29. The van der Waals surface area contributed by atoms with Crippen molar-refractivity contribution in [3.63, 3.8) is 0 Å². The minimum absolute atomic E-state index is 0. The summed E-state index contributed by atoms with van der Waals surface area (Å²) >= 11 is 0. The van der Waals surface area contributed by atoms with Crippen molar-refractivity contribution < 1.29 is 8.42 Å². The number of halogens is 1. The number of likely N-dealkylation sites (tertiary alicyclic amines) is 1. The summed E-state index contributed by atoms with van der Waals surface area (Å²) in [5, 5.41) is 3.39. The largest absolute Gasteiger partial charge is 0.357 e. The van der Waals surface area contributed by atoms with E-state index < -0.39 is 10.0 Å². The van der Waals surface area contributed by atoms with Crippen LogP contribution in [0.5, 0.6) is 0 Å². The fraction of sp³-hybridized carbons (Fsp3) is 0.938. The Labute approximate surface area is 164 Å². The van der Waals surface area contributed by atoms with Crippen molar-refractivity contribution in [1.29, 1.82) is 0 Å². The molecule has 1 saturated heterocycles. The summed E-state index contributed by atoms with van der Waals surface area (Å²) in [6.07, 6.45) is 7.49. The van der Waals surface area contributed by atoms with Gasteiger partial charge in [0.05, 0.1) is 5.75 Å². The molecule has 1 aliphatic heterocycles. The Morgan fingerprint density at radius 3 is 2.54 bits per heavy atom. The molecular formula is C16H33IN4O2S. The molecular weight excluding hydrogens is 439 g/mol. The summed E-state index contributed by atoms with van der Waals surface area (Å²) in [6.45, 7) is 7.93. The summed E-state index contributed by atoms with van der Waals surface area (Å²) in [5.41, 5.74) is 0.535. The molecule has 0 aromatic heterocycles. The molecule has 142 valence electrons. The van der Waals surface area contributed by atoms with E-state index in [1.54, 1.807) is 6.92 Å². The van der Waals surface area contributed by atoms with Crippen molar-refractivity contribution in [2.45, 2.75) is 52.4 Å². The quantitative estimate of drug-likeness (QED) is 0.258. The minimum Gasteiger partial charge on any atom is -0.357 e. The van der Waals surface area contributed by atoms with Gasteiger partial charge in [-0.15, -0.1) is 24.0 Å². The third-order valence-electron chi connectivity index (χ3n) is 5.04. The van der Waals surface area contributed by atoms with Crippen LogP contribution in [0.25, 0.3) is 0 Å². The molecule has 0 bridgehead atoms. The zero-order valence-corrected chi connectivity index (χ0v) is 18.2. The predicted molar refractivity (Wildman–Crippen MR) is 111 cm³/mol. The number of aliphatic imine (C=N–C) groups is 1. The van der Waals surface area contributed by atoms with Gasteiger partial charge in [-0.05, 0) is 44.9 Å². The Balaban J connectivity index is 0.00000288. The second kappa shape index (κ2) is 10.2. The summed E-state index contributed by atoms with van der Waals surface area (Å²) in [5.74, 6) is 1.13. The molecule has 1 heterocycles. The van der Waals surface area contributed by atoms with Gasteiger partial charge in [-0.25, -0.2) is 13.1 Å². The van der Waals surface area contributed by atoms with E-state index in [0.29, 0.717) is 18.5 Å². The van der Waals surface area contributed by atoms with Crippen molar-refractivity contribution >= 4 is 40.0 Å². The molecule has 24 heavy (non-hydrogen) atoms. The van der Waals surface area contributed by atoms with Crippen molar-refractivity contribution in [3.8, 4) is 0 Å². The van der Waals surface area contributed by atoms with Gasteiger partial charge >= 0.3 is 0 Å². The van der Waals surface area contributed by atoms with E-state index in [0.717, 1.165) is 32.0 Å². The molecule has 2 fully saturated rings. The van der Waals surface area contributed by atoms with E-state index in [9.17, 15) is 8.42 Å². The number of nitrogens with zero attached hydrogens (tertiary/aromatic N) is 2. The van der Waals surface area contributed by atoms with E-state index >= 15 is 0 Å². The smallest absolute Gasteiger partial charge is 0.211 e. The maximum absolute atomic E-state index is 11.4. The normalized spacial score (nSPS) is 20.4. The van der Waals surface area contributed by atoms with Gasteiger partial charge in [-0.2, -0.15) is 0 Å². The van der Waals surface area contributed by atoms with Crippen LogP contribution in [0.3, 0.4) is 0 Å². The van der Waals surface area contributed by atoms with Crippen LogP contribution in [0.4, 0.5) is 0 Å². The molecule has 2 N–H and O–H groups in total. The van der Waals surface area contributed by atoms with E-state index in [1.807, 2.05) is 0 Å². The lowest BCUT2D eigenvalue weighted by Gasteiger charge is -2.26. The van der Waals surface area contributed by atoms with Crippen LogP contribution in [-0.2, 0) is 10.0 Å². The Hall–Kier alpha value is -0.0900. The molecule has 0 amide bonds.